The number of amides is 2. The molecule has 0 aromatic heterocycles. The molecule has 1 rings (SSSR count). The lowest BCUT2D eigenvalue weighted by molar-refractivity contribution is 0.0693. The highest BCUT2D eigenvalue weighted by molar-refractivity contribution is 5.93. The van der Waals surface area contributed by atoms with Crippen LogP contribution in [0, 0.1) is 0 Å². The van der Waals surface area contributed by atoms with Gasteiger partial charge in [0.15, 0.2) is 0 Å². The number of rotatable bonds is 6. The number of carboxylic acids is 1. The van der Waals surface area contributed by atoms with Crippen LogP contribution in [0.5, 0.6) is 5.75 Å². The van der Waals surface area contributed by atoms with Gasteiger partial charge in [-0.05, 0) is 12.1 Å². The second kappa shape index (κ2) is 7.39. The Labute approximate surface area is 118 Å². The minimum absolute atomic E-state index is 0.0414. The molecule has 1 aromatic rings. The number of aromatic carboxylic acids is 1. The lowest BCUT2D eigenvalue weighted by Gasteiger charge is -2.21. The topological polar surface area (TPSA) is 110 Å². The Bertz CT molecular complexity index is 524. The fourth-order valence-electron chi connectivity index (χ4n) is 1.56. The van der Waals surface area contributed by atoms with Crippen LogP contribution in [0.15, 0.2) is 18.2 Å². The molecule has 1 aromatic carbocycles. The molecule has 0 atom stereocenters. The van der Waals surface area contributed by atoms with E-state index >= 15 is 0 Å². The molecule has 0 bridgehead atoms. The highest BCUT2D eigenvalue weighted by atomic mass is 19.3. The van der Waals surface area contributed by atoms with Gasteiger partial charge < -0.3 is 25.5 Å². The van der Waals surface area contributed by atoms with Crippen molar-refractivity contribution in [3.63, 3.8) is 0 Å². The monoisotopic (exact) mass is 304 g/mol. The van der Waals surface area contributed by atoms with Crippen molar-refractivity contribution in [3.05, 3.63) is 23.8 Å². The summed E-state index contributed by atoms with van der Waals surface area (Å²) in [7, 11) is 0. The summed E-state index contributed by atoms with van der Waals surface area (Å²) in [5, 5.41) is 29.1. The van der Waals surface area contributed by atoms with Crippen LogP contribution < -0.4 is 5.32 Å². The van der Waals surface area contributed by atoms with Gasteiger partial charge >= 0.3 is 12.0 Å². The van der Waals surface area contributed by atoms with E-state index in [0.717, 1.165) is 12.1 Å². The number of benzene rings is 1. The summed E-state index contributed by atoms with van der Waals surface area (Å²) in [5.74, 6) is -1.91. The van der Waals surface area contributed by atoms with Crippen molar-refractivity contribution in [1.29, 1.82) is 0 Å². The van der Waals surface area contributed by atoms with Gasteiger partial charge in [0.05, 0.1) is 13.2 Å². The van der Waals surface area contributed by atoms with Crippen LogP contribution in [-0.4, -0.2) is 58.3 Å². The van der Waals surface area contributed by atoms with Crippen LogP contribution in [-0.2, 0) is 0 Å². The van der Waals surface area contributed by atoms with Gasteiger partial charge in [0, 0.05) is 18.3 Å². The second-order valence-electron chi connectivity index (χ2n) is 4.03. The number of aliphatic hydroxyl groups excluding tert-OH is 1. The Kier molecular flexibility index (Phi) is 5.85. The average molecular weight is 304 g/mol. The maximum absolute atomic E-state index is 12.3. The van der Waals surface area contributed by atoms with Gasteiger partial charge in [0.25, 0.3) is 6.43 Å². The molecule has 9 heteroatoms. The zero-order chi connectivity index (χ0) is 16.0. The summed E-state index contributed by atoms with van der Waals surface area (Å²) in [6.45, 7) is -1.62. The fourth-order valence-corrected chi connectivity index (χ4v) is 1.56. The largest absolute Gasteiger partial charge is 0.507 e. The summed E-state index contributed by atoms with van der Waals surface area (Å²) in [6.07, 6.45) is -2.76. The number of alkyl halides is 2. The van der Waals surface area contributed by atoms with E-state index in [0.29, 0.717) is 4.90 Å². The lowest BCUT2D eigenvalue weighted by atomic mass is 10.2. The van der Waals surface area contributed by atoms with Crippen LogP contribution in [0.2, 0.25) is 0 Å². The molecule has 0 radical (unpaired) electrons. The van der Waals surface area contributed by atoms with Crippen molar-refractivity contribution in [2.45, 2.75) is 6.43 Å². The number of hydrogen-bond acceptors (Lipinski definition) is 4. The van der Waals surface area contributed by atoms with Gasteiger partial charge in [0.2, 0.25) is 0 Å². The van der Waals surface area contributed by atoms with Crippen molar-refractivity contribution in [1.82, 2.24) is 4.90 Å². The van der Waals surface area contributed by atoms with E-state index in [-0.39, 0.29) is 17.8 Å². The minimum Gasteiger partial charge on any atom is -0.507 e. The summed E-state index contributed by atoms with van der Waals surface area (Å²) < 4.78 is 24.6. The Morgan fingerprint density at radius 1 is 1.33 bits per heavy atom. The molecule has 0 fully saturated rings. The maximum Gasteiger partial charge on any atom is 0.339 e. The third-order valence-electron chi connectivity index (χ3n) is 2.49. The van der Waals surface area contributed by atoms with Crippen molar-refractivity contribution in [2.75, 3.05) is 25.0 Å². The molecule has 0 aliphatic carbocycles. The molecule has 0 aliphatic rings. The van der Waals surface area contributed by atoms with Gasteiger partial charge in [0.1, 0.15) is 11.3 Å². The Morgan fingerprint density at radius 2 is 2.00 bits per heavy atom. The van der Waals surface area contributed by atoms with Crippen LogP contribution in [0.3, 0.4) is 0 Å². The summed E-state index contributed by atoms with van der Waals surface area (Å²) >= 11 is 0. The molecule has 7 nitrogen and oxygen atoms in total. The van der Waals surface area contributed by atoms with E-state index in [1.807, 2.05) is 0 Å². The van der Waals surface area contributed by atoms with Crippen molar-refractivity contribution >= 4 is 17.7 Å². The predicted octanol–water partition coefficient (Wildman–Crippen LogP) is 1.18. The number of halogens is 2. The third kappa shape index (κ3) is 4.88. The molecule has 21 heavy (non-hydrogen) atoms. The molecule has 0 unspecified atom stereocenters. The number of nitrogens with one attached hydrogen (secondary N) is 1. The van der Waals surface area contributed by atoms with Gasteiger partial charge in [-0.2, -0.15) is 0 Å². The number of urea groups is 1. The van der Waals surface area contributed by atoms with Gasteiger partial charge in [-0.3, -0.25) is 0 Å². The Balaban J connectivity index is 2.81. The number of aromatic hydroxyl groups is 1. The van der Waals surface area contributed by atoms with Crippen molar-refractivity contribution < 1.29 is 33.7 Å². The van der Waals surface area contributed by atoms with Gasteiger partial charge in [-0.25, -0.2) is 18.4 Å². The predicted molar refractivity (Wildman–Crippen MR) is 68.7 cm³/mol. The number of carboxylic acid groups (broad SMARTS) is 1. The minimum atomic E-state index is -2.76. The zero-order valence-electron chi connectivity index (χ0n) is 10.8. The van der Waals surface area contributed by atoms with Gasteiger partial charge in [-0.15, -0.1) is 0 Å². The molecular formula is C12H14F2N2O5. The quantitative estimate of drug-likeness (QED) is 0.631. The summed E-state index contributed by atoms with van der Waals surface area (Å²) in [5.41, 5.74) is -0.313. The van der Waals surface area contributed by atoms with E-state index < -0.39 is 37.3 Å². The number of carbonyl (C=O) groups is 2. The van der Waals surface area contributed by atoms with E-state index in [9.17, 15) is 23.5 Å². The number of phenols is 1. The summed E-state index contributed by atoms with van der Waals surface area (Å²) in [6, 6.07) is 2.37. The fraction of sp³-hybridized carbons (Fsp3) is 0.333. The highest BCUT2D eigenvalue weighted by Gasteiger charge is 2.18. The van der Waals surface area contributed by atoms with Crippen LogP contribution in [0.1, 0.15) is 10.4 Å². The van der Waals surface area contributed by atoms with E-state index in [4.69, 9.17) is 10.2 Å². The SMILES string of the molecule is O=C(O)c1ccc(NC(=O)N(CCO)CC(F)F)cc1O. The molecule has 0 aliphatic heterocycles. The van der Waals surface area contributed by atoms with Crippen LogP contribution in [0.4, 0.5) is 19.3 Å². The Morgan fingerprint density at radius 3 is 2.48 bits per heavy atom. The lowest BCUT2D eigenvalue weighted by Crippen LogP contribution is -2.40. The van der Waals surface area contributed by atoms with Gasteiger partial charge in [-0.1, -0.05) is 0 Å². The second-order valence-corrected chi connectivity index (χ2v) is 4.03. The molecular weight excluding hydrogens is 290 g/mol. The Hall–Kier alpha value is -2.42. The zero-order valence-corrected chi connectivity index (χ0v) is 10.8. The van der Waals surface area contributed by atoms with Crippen molar-refractivity contribution in [2.24, 2.45) is 0 Å². The molecule has 0 saturated heterocycles. The molecule has 0 spiro atoms. The normalized spacial score (nSPS) is 10.5. The maximum atomic E-state index is 12.3. The first-order chi connectivity index (χ1) is 9.85. The summed E-state index contributed by atoms with van der Waals surface area (Å²) in [4.78, 5) is 23.1. The number of aliphatic hydroxyl groups is 1. The number of hydrogen-bond donors (Lipinski definition) is 4. The van der Waals surface area contributed by atoms with E-state index in [1.54, 1.807) is 0 Å². The van der Waals surface area contributed by atoms with Crippen molar-refractivity contribution in [3.8, 4) is 5.75 Å². The van der Waals surface area contributed by atoms with E-state index in [1.165, 1.54) is 6.07 Å². The van der Waals surface area contributed by atoms with Crippen LogP contribution >= 0.6 is 0 Å². The standard InChI is InChI=1S/C12H14F2N2O5/c13-10(14)6-16(3-4-17)12(21)15-7-1-2-8(11(19)20)9(18)5-7/h1-2,5,10,17-18H,3-4,6H2,(H,15,21)(H,19,20). The number of anilines is 1. The molecule has 116 valence electrons. The first-order valence-electron chi connectivity index (χ1n) is 5.86. The molecule has 0 heterocycles. The molecule has 0 saturated carbocycles. The van der Waals surface area contributed by atoms with E-state index in [2.05, 4.69) is 5.32 Å². The third-order valence-corrected chi connectivity index (χ3v) is 2.49. The number of nitrogens with zero attached hydrogens (tertiary/aromatic N) is 1. The smallest absolute Gasteiger partial charge is 0.339 e. The molecule has 2 amide bonds. The first-order valence-corrected chi connectivity index (χ1v) is 5.86. The first kappa shape index (κ1) is 16.6. The molecule has 4 N–H and O–H groups in total. The average Bonchev–Trinajstić information content (AvgIpc) is 2.37. The van der Waals surface area contributed by atoms with Crippen LogP contribution in [0.25, 0.3) is 0 Å². The highest BCUT2D eigenvalue weighted by Crippen LogP contribution is 2.22. The number of carbonyl (C=O) groups excluding carboxylic acids is 1.